The van der Waals surface area contributed by atoms with E-state index in [1.807, 2.05) is 50.2 Å². The van der Waals surface area contributed by atoms with Crippen molar-refractivity contribution < 1.29 is 19.1 Å². The maximum absolute atomic E-state index is 13.8. The number of carbonyl (C=O) groups excluding carboxylic acids is 1. The summed E-state index contributed by atoms with van der Waals surface area (Å²) < 4.78 is 6.99. The van der Waals surface area contributed by atoms with Crippen LogP contribution in [-0.2, 0) is 30.7 Å². The zero-order valence-corrected chi connectivity index (χ0v) is 25.6. The quantitative estimate of drug-likeness (QED) is 0.195. The third kappa shape index (κ3) is 6.68. The van der Waals surface area contributed by atoms with E-state index in [0.717, 1.165) is 33.6 Å². The van der Waals surface area contributed by atoms with Gasteiger partial charge in [0.25, 0.3) is 11.5 Å². The van der Waals surface area contributed by atoms with Gasteiger partial charge in [-0.3, -0.25) is 19.0 Å². The molecule has 0 fully saturated rings. The van der Waals surface area contributed by atoms with Gasteiger partial charge in [-0.25, -0.2) is 9.97 Å². The van der Waals surface area contributed by atoms with Crippen LogP contribution in [0.1, 0.15) is 50.5 Å². The number of carbonyl (C=O) groups is 2. The normalized spacial score (nSPS) is 12.4. The topological polar surface area (TPSA) is 143 Å². The van der Waals surface area contributed by atoms with Crippen molar-refractivity contribution >= 4 is 29.2 Å². The Hall–Kier alpha value is -5.71. The van der Waals surface area contributed by atoms with Crippen molar-refractivity contribution in [2.24, 2.45) is 0 Å². The molecule has 0 atom stereocenters. The molecule has 0 radical (unpaired) electrons. The van der Waals surface area contributed by atoms with Gasteiger partial charge in [0.2, 0.25) is 5.95 Å². The molecule has 1 aliphatic heterocycles. The summed E-state index contributed by atoms with van der Waals surface area (Å²) in [5.41, 5.74) is 7.13. The summed E-state index contributed by atoms with van der Waals surface area (Å²) in [4.78, 5) is 48.6. The molecule has 0 saturated heterocycles. The predicted molar refractivity (Wildman–Crippen MR) is 174 cm³/mol. The van der Waals surface area contributed by atoms with E-state index >= 15 is 0 Å². The Bertz CT molecular complexity index is 1950. The Kier molecular flexibility index (Phi) is 8.64. The molecular formula is C35H34N6O5. The molecule has 234 valence electrons. The number of carboxylic acid groups (broad SMARTS) is 1. The second-order valence-electron chi connectivity index (χ2n) is 11.3. The summed E-state index contributed by atoms with van der Waals surface area (Å²) in [6.07, 6.45) is 6.37. The number of hydrogen-bond donors (Lipinski definition) is 3. The summed E-state index contributed by atoms with van der Waals surface area (Å²) in [6, 6.07) is 18.3. The van der Waals surface area contributed by atoms with Crippen LogP contribution in [0.4, 0.5) is 17.3 Å². The monoisotopic (exact) mass is 618 g/mol. The minimum Gasteiger partial charge on any atom is -0.481 e. The number of aliphatic carboxylic acids is 1. The van der Waals surface area contributed by atoms with Crippen LogP contribution in [0, 0.1) is 13.8 Å². The van der Waals surface area contributed by atoms with Crippen molar-refractivity contribution in [1.82, 2.24) is 19.9 Å². The van der Waals surface area contributed by atoms with E-state index in [1.165, 1.54) is 0 Å². The molecule has 11 heteroatoms. The molecule has 0 saturated carbocycles. The van der Waals surface area contributed by atoms with Crippen LogP contribution >= 0.6 is 0 Å². The summed E-state index contributed by atoms with van der Waals surface area (Å²) in [6.45, 7) is 5.28. The Labute approximate surface area is 265 Å². The van der Waals surface area contributed by atoms with Crippen LogP contribution in [0.2, 0.25) is 0 Å². The Morgan fingerprint density at radius 2 is 1.78 bits per heavy atom. The summed E-state index contributed by atoms with van der Waals surface area (Å²) in [5, 5.41) is 15.0. The fraction of sp³-hybridized carbons (Fsp3) is 0.229. The number of nitrogens with zero attached hydrogens (tertiary/aromatic N) is 4. The number of benzene rings is 2. The first kappa shape index (κ1) is 30.3. The molecule has 0 unspecified atom stereocenters. The van der Waals surface area contributed by atoms with E-state index in [-0.39, 0.29) is 17.9 Å². The Morgan fingerprint density at radius 3 is 2.50 bits per heavy atom. The molecule has 6 rings (SSSR count). The number of hydrogen-bond acceptors (Lipinski definition) is 8. The van der Waals surface area contributed by atoms with E-state index in [2.05, 4.69) is 20.5 Å². The molecule has 3 N–H and O–H groups in total. The van der Waals surface area contributed by atoms with Gasteiger partial charge in [0, 0.05) is 60.8 Å². The number of pyridine rings is 1. The number of furan rings is 1. The summed E-state index contributed by atoms with van der Waals surface area (Å²) in [7, 11) is 0. The van der Waals surface area contributed by atoms with Gasteiger partial charge in [0.1, 0.15) is 11.4 Å². The number of carboxylic acids is 1. The molecule has 0 bridgehead atoms. The molecule has 0 aliphatic carbocycles. The van der Waals surface area contributed by atoms with Crippen molar-refractivity contribution in [3.05, 3.63) is 129 Å². The van der Waals surface area contributed by atoms with Crippen molar-refractivity contribution in [2.45, 2.75) is 46.2 Å². The number of fused-ring (bicyclic) bond motifs is 1. The van der Waals surface area contributed by atoms with Crippen LogP contribution in [0.15, 0.2) is 88.5 Å². The largest absolute Gasteiger partial charge is 0.481 e. The van der Waals surface area contributed by atoms with Crippen LogP contribution in [0.25, 0.3) is 5.69 Å². The van der Waals surface area contributed by atoms with E-state index in [4.69, 9.17) is 14.5 Å². The van der Waals surface area contributed by atoms with Crippen LogP contribution in [0.3, 0.4) is 0 Å². The predicted octanol–water partition coefficient (Wildman–Crippen LogP) is 5.09. The van der Waals surface area contributed by atoms with Gasteiger partial charge in [-0.05, 0) is 85.5 Å². The standard InChI is InChI=1S/C35H34N6O5/c1-22-15-18-46-30(22)20-36-33(44)25-6-10-28(11-7-25)41-17-13-23(2)32(34(41)45)40-16-14-29-26(21-40)19-37-35(39-29)38-27-8-3-24(4-9-27)5-12-31(42)43/h3-4,6-11,13,15,17-19H,5,12,14,16,20-21H2,1-2H3,(H,36,44)(H,42,43)(H,37,38,39). The highest BCUT2D eigenvalue weighted by Gasteiger charge is 2.23. The number of rotatable bonds is 10. The third-order valence-corrected chi connectivity index (χ3v) is 8.14. The number of nitrogens with one attached hydrogen (secondary N) is 2. The second kappa shape index (κ2) is 13.1. The summed E-state index contributed by atoms with van der Waals surface area (Å²) >= 11 is 0. The first-order valence-corrected chi connectivity index (χ1v) is 15.1. The van der Waals surface area contributed by atoms with Gasteiger partial charge in [-0.2, -0.15) is 0 Å². The molecule has 0 spiro atoms. The zero-order chi connectivity index (χ0) is 32.2. The first-order chi connectivity index (χ1) is 22.2. The lowest BCUT2D eigenvalue weighted by Crippen LogP contribution is -2.37. The van der Waals surface area contributed by atoms with E-state index in [9.17, 15) is 14.4 Å². The van der Waals surface area contributed by atoms with Gasteiger partial charge in [-0.15, -0.1) is 0 Å². The van der Waals surface area contributed by atoms with Crippen LogP contribution in [0.5, 0.6) is 0 Å². The highest BCUT2D eigenvalue weighted by molar-refractivity contribution is 5.94. The van der Waals surface area contributed by atoms with Gasteiger partial charge >= 0.3 is 5.97 Å². The average Bonchev–Trinajstić information content (AvgIpc) is 3.47. The smallest absolute Gasteiger partial charge is 0.303 e. The third-order valence-electron chi connectivity index (χ3n) is 8.14. The lowest BCUT2D eigenvalue weighted by atomic mass is 10.1. The first-order valence-electron chi connectivity index (χ1n) is 15.1. The highest BCUT2D eigenvalue weighted by Crippen LogP contribution is 2.25. The van der Waals surface area contributed by atoms with E-state index < -0.39 is 5.97 Å². The molecule has 11 nitrogen and oxygen atoms in total. The maximum atomic E-state index is 13.8. The number of anilines is 3. The van der Waals surface area contributed by atoms with Crippen LogP contribution in [-0.4, -0.2) is 38.1 Å². The van der Waals surface area contributed by atoms with Gasteiger partial charge in [-0.1, -0.05) is 12.1 Å². The van der Waals surface area contributed by atoms with Crippen molar-refractivity contribution in [1.29, 1.82) is 0 Å². The molecule has 1 amide bonds. The number of amides is 1. The molecular weight excluding hydrogens is 584 g/mol. The van der Waals surface area contributed by atoms with Crippen molar-refractivity contribution in [3.63, 3.8) is 0 Å². The summed E-state index contributed by atoms with van der Waals surface area (Å²) in [5.74, 6) is 0.155. The zero-order valence-electron chi connectivity index (χ0n) is 25.6. The minimum atomic E-state index is -0.818. The molecule has 2 aromatic carbocycles. The minimum absolute atomic E-state index is 0.0925. The number of aryl methyl sites for hydroxylation is 3. The van der Waals surface area contributed by atoms with Gasteiger partial charge in [0.05, 0.1) is 18.5 Å². The van der Waals surface area contributed by atoms with Crippen molar-refractivity contribution in [2.75, 3.05) is 16.8 Å². The van der Waals surface area contributed by atoms with Crippen molar-refractivity contribution in [3.8, 4) is 5.69 Å². The van der Waals surface area contributed by atoms with E-state index in [1.54, 1.807) is 47.5 Å². The lowest BCUT2D eigenvalue weighted by molar-refractivity contribution is -0.136. The van der Waals surface area contributed by atoms with Gasteiger partial charge < -0.3 is 25.1 Å². The fourth-order valence-corrected chi connectivity index (χ4v) is 5.53. The van der Waals surface area contributed by atoms with E-state index in [0.29, 0.717) is 61.1 Å². The lowest BCUT2D eigenvalue weighted by Gasteiger charge is -2.31. The molecule has 5 aromatic rings. The Balaban J connectivity index is 1.13. The Morgan fingerprint density at radius 1 is 1.00 bits per heavy atom. The number of aromatic nitrogens is 3. The second-order valence-corrected chi connectivity index (χ2v) is 11.3. The fourth-order valence-electron chi connectivity index (χ4n) is 5.53. The maximum Gasteiger partial charge on any atom is 0.303 e. The molecule has 4 heterocycles. The van der Waals surface area contributed by atoms with Crippen LogP contribution < -0.4 is 21.1 Å². The molecule has 46 heavy (non-hydrogen) atoms. The average molecular weight is 619 g/mol. The highest BCUT2D eigenvalue weighted by atomic mass is 16.4. The molecule has 3 aromatic heterocycles. The van der Waals surface area contributed by atoms with Gasteiger partial charge in [0.15, 0.2) is 0 Å². The SMILES string of the molecule is Cc1ccoc1CNC(=O)c1ccc(-n2ccc(C)c(N3CCc4nc(Nc5ccc(CCC(=O)O)cc5)ncc4C3)c2=O)cc1. The molecule has 1 aliphatic rings.